The summed E-state index contributed by atoms with van der Waals surface area (Å²) in [4.78, 5) is 27.3. The first-order chi connectivity index (χ1) is 12.1. The summed E-state index contributed by atoms with van der Waals surface area (Å²) in [6.45, 7) is 6.16. The van der Waals surface area contributed by atoms with Crippen molar-refractivity contribution >= 4 is 45.7 Å². The van der Waals surface area contributed by atoms with Gasteiger partial charge in [-0.25, -0.2) is 0 Å². The Labute approximate surface area is 161 Å². The molecule has 3 aromatic rings. The second-order valence-corrected chi connectivity index (χ2v) is 7.98. The first kappa shape index (κ1) is 18.5. The van der Waals surface area contributed by atoms with Gasteiger partial charge in [0.25, 0.3) is 5.91 Å². The molecule has 0 bridgehead atoms. The number of nitrogens with one attached hydrogen (secondary N) is 2. The highest BCUT2D eigenvalue weighted by Crippen LogP contribution is 2.29. The van der Waals surface area contributed by atoms with Crippen LogP contribution in [-0.4, -0.2) is 10.9 Å². The van der Waals surface area contributed by atoms with E-state index in [1.54, 1.807) is 30.3 Å². The number of pyridine rings is 1. The lowest BCUT2D eigenvalue weighted by Gasteiger charge is -2.21. The Hall–Kier alpha value is -2.30. The first-order valence-corrected chi connectivity index (χ1v) is 8.85. The predicted octanol–water partition coefficient (Wildman–Crippen LogP) is 5.38. The summed E-state index contributed by atoms with van der Waals surface area (Å²) in [6.07, 6.45) is 0. The first-order valence-electron chi connectivity index (χ1n) is 8.09. The average Bonchev–Trinajstić information content (AvgIpc) is 2.52. The van der Waals surface area contributed by atoms with Gasteiger partial charge in [0.2, 0.25) is 5.56 Å². The molecule has 0 saturated carbocycles. The molecule has 2 N–H and O–H groups in total. The number of aromatic amines is 1. The number of aromatic nitrogens is 1. The van der Waals surface area contributed by atoms with E-state index in [4.69, 9.17) is 23.2 Å². The van der Waals surface area contributed by atoms with Crippen LogP contribution < -0.4 is 10.9 Å². The van der Waals surface area contributed by atoms with E-state index in [9.17, 15) is 9.59 Å². The minimum absolute atomic E-state index is 0.173. The molecule has 134 valence electrons. The van der Waals surface area contributed by atoms with Gasteiger partial charge in [-0.3, -0.25) is 9.59 Å². The van der Waals surface area contributed by atoms with Crippen molar-refractivity contribution in [3.8, 4) is 0 Å². The van der Waals surface area contributed by atoms with Crippen LogP contribution in [0.2, 0.25) is 10.0 Å². The summed E-state index contributed by atoms with van der Waals surface area (Å²) in [6, 6.07) is 11.8. The molecule has 0 aliphatic carbocycles. The van der Waals surface area contributed by atoms with Gasteiger partial charge in [0.1, 0.15) is 0 Å². The van der Waals surface area contributed by atoms with Crippen molar-refractivity contribution in [2.45, 2.75) is 26.2 Å². The molecular formula is C20H18Cl2N2O2. The summed E-state index contributed by atoms with van der Waals surface area (Å²) >= 11 is 11.9. The number of benzene rings is 2. The monoisotopic (exact) mass is 388 g/mol. The van der Waals surface area contributed by atoms with Crippen molar-refractivity contribution in [1.82, 2.24) is 4.98 Å². The molecule has 1 heterocycles. The third-order valence-corrected chi connectivity index (χ3v) is 4.63. The zero-order chi connectivity index (χ0) is 19.1. The maximum Gasteiger partial charge on any atom is 0.257 e. The van der Waals surface area contributed by atoms with Gasteiger partial charge < -0.3 is 10.3 Å². The van der Waals surface area contributed by atoms with Crippen LogP contribution in [0, 0.1) is 0 Å². The number of amides is 1. The topological polar surface area (TPSA) is 62.0 Å². The molecule has 0 fully saturated rings. The summed E-state index contributed by atoms with van der Waals surface area (Å²) in [5.74, 6) is -0.347. The fourth-order valence-electron chi connectivity index (χ4n) is 2.83. The van der Waals surface area contributed by atoms with Gasteiger partial charge in [0.05, 0.1) is 16.1 Å². The number of carbonyl (C=O) groups excluding carboxylic acids is 1. The highest BCUT2D eigenvalue weighted by Gasteiger charge is 2.18. The van der Waals surface area contributed by atoms with Gasteiger partial charge in [-0.1, -0.05) is 50.0 Å². The molecule has 0 spiro atoms. The van der Waals surface area contributed by atoms with Crippen molar-refractivity contribution in [3.63, 3.8) is 0 Å². The van der Waals surface area contributed by atoms with Crippen molar-refractivity contribution < 1.29 is 4.79 Å². The van der Waals surface area contributed by atoms with Crippen LogP contribution in [0.4, 0.5) is 5.69 Å². The van der Waals surface area contributed by atoms with Gasteiger partial charge in [-0.05, 0) is 41.3 Å². The van der Waals surface area contributed by atoms with Crippen LogP contribution in [0.3, 0.4) is 0 Å². The van der Waals surface area contributed by atoms with Gasteiger partial charge in [0, 0.05) is 22.2 Å². The molecule has 0 saturated heterocycles. The number of halogens is 2. The predicted molar refractivity (Wildman–Crippen MR) is 108 cm³/mol. The Balaban J connectivity index is 1.99. The Kier molecular flexibility index (Phi) is 4.82. The van der Waals surface area contributed by atoms with Gasteiger partial charge >= 0.3 is 0 Å². The van der Waals surface area contributed by atoms with Gasteiger partial charge in [-0.2, -0.15) is 0 Å². The lowest BCUT2D eigenvalue weighted by Crippen LogP contribution is -2.17. The van der Waals surface area contributed by atoms with Crippen LogP contribution in [0.25, 0.3) is 10.9 Å². The highest BCUT2D eigenvalue weighted by atomic mass is 35.5. The Morgan fingerprint density at radius 1 is 1.04 bits per heavy atom. The van der Waals surface area contributed by atoms with E-state index in [1.165, 1.54) is 6.07 Å². The van der Waals surface area contributed by atoms with Crippen molar-refractivity contribution in [1.29, 1.82) is 0 Å². The number of fused-ring (bicyclic) bond motifs is 1. The minimum Gasteiger partial charge on any atom is -0.322 e. The molecule has 0 atom stereocenters. The van der Waals surface area contributed by atoms with Crippen molar-refractivity contribution in [2.75, 3.05) is 5.32 Å². The second kappa shape index (κ2) is 6.78. The maximum atomic E-state index is 12.5. The largest absolute Gasteiger partial charge is 0.322 e. The van der Waals surface area contributed by atoms with E-state index < -0.39 is 0 Å². The fraction of sp³-hybridized carbons (Fsp3) is 0.200. The summed E-state index contributed by atoms with van der Waals surface area (Å²) in [7, 11) is 0. The smallest absolute Gasteiger partial charge is 0.257 e. The SMILES string of the molecule is CC(C)(C)c1cc(=O)[nH]c2cc(NC(=O)c3ccc(Cl)cc3Cl)ccc12. The quantitative estimate of drug-likeness (QED) is 0.618. The van der Waals surface area contributed by atoms with Crippen LogP contribution in [0.1, 0.15) is 36.7 Å². The van der Waals surface area contributed by atoms with Crippen LogP contribution in [0.15, 0.2) is 47.3 Å². The summed E-state index contributed by atoms with van der Waals surface area (Å²) in [5.41, 5.74) is 2.17. The molecule has 1 aromatic heterocycles. The maximum absolute atomic E-state index is 12.5. The molecule has 2 aromatic carbocycles. The zero-order valence-corrected chi connectivity index (χ0v) is 16.1. The third kappa shape index (κ3) is 3.76. The Morgan fingerprint density at radius 3 is 2.42 bits per heavy atom. The van der Waals surface area contributed by atoms with Crippen LogP contribution >= 0.6 is 23.2 Å². The molecular weight excluding hydrogens is 371 g/mol. The standard InChI is InChI=1S/C20H18Cl2N2O2/c1-20(2,3)15-10-18(25)24-17-9-12(5-7-13(15)17)23-19(26)14-6-4-11(21)8-16(14)22/h4-10H,1-3H3,(H,23,26)(H,24,25). The Morgan fingerprint density at radius 2 is 1.77 bits per heavy atom. The van der Waals surface area contributed by atoms with E-state index in [1.807, 2.05) is 6.07 Å². The van der Waals surface area contributed by atoms with Crippen molar-refractivity contribution in [2.24, 2.45) is 0 Å². The number of hydrogen-bond donors (Lipinski definition) is 2. The molecule has 1 amide bonds. The second-order valence-electron chi connectivity index (χ2n) is 7.14. The number of hydrogen-bond acceptors (Lipinski definition) is 2. The van der Waals surface area contributed by atoms with Crippen LogP contribution in [-0.2, 0) is 5.41 Å². The molecule has 0 aliphatic heterocycles. The van der Waals surface area contributed by atoms with E-state index >= 15 is 0 Å². The van der Waals surface area contributed by atoms with Gasteiger partial charge in [-0.15, -0.1) is 0 Å². The molecule has 0 radical (unpaired) electrons. The number of carbonyl (C=O) groups is 1. The number of anilines is 1. The molecule has 4 nitrogen and oxygen atoms in total. The van der Waals surface area contributed by atoms with E-state index in [0.717, 1.165) is 10.9 Å². The van der Waals surface area contributed by atoms with E-state index in [0.29, 0.717) is 21.8 Å². The third-order valence-electron chi connectivity index (χ3n) is 4.08. The molecule has 0 aliphatic rings. The fourth-order valence-corrected chi connectivity index (χ4v) is 3.32. The zero-order valence-electron chi connectivity index (χ0n) is 14.6. The summed E-state index contributed by atoms with van der Waals surface area (Å²) in [5, 5.41) is 4.48. The van der Waals surface area contributed by atoms with E-state index in [-0.39, 0.29) is 21.9 Å². The lowest BCUT2D eigenvalue weighted by molar-refractivity contribution is 0.102. The van der Waals surface area contributed by atoms with Gasteiger partial charge in [0.15, 0.2) is 0 Å². The molecule has 6 heteroatoms. The van der Waals surface area contributed by atoms with Crippen LogP contribution in [0.5, 0.6) is 0 Å². The van der Waals surface area contributed by atoms with E-state index in [2.05, 4.69) is 31.1 Å². The number of rotatable bonds is 2. The highest BCUT2D eigenvalue weighted by molar-refractivity contribution is 6.37. The molecule has 0 unspecified atom stereocenters. The molecule has 26 heavy (non-hydrogen) atoms. The average molecular weight is 389 g/mol. The Bertz CT molecular complexity index is 1070. The summed E-state index contributed by atoms with van der Waals surface area (Å²) < 4.78 is 0. The number of H-pyrrole nitrogens is 1. The normalized spacial score (nSPS) is 11.6. The minimum atomic E-state index is -0.347. The van der Waals surface area contributed by atoms with Crippen molar-refractivity contribution in [3.05, 3.63) is 74.0 Å². The molecule has 3 rings (SSSR count). The lowest BCUT2D eigenvalue weighted by atomic mass is 9.85.